The van der Waals surface area contributed by atoms with E-state index in [9.17, 15) is 19.9 Å². The molecule has 3 atom stereocenters. The highest BCUT2D eigenvalue weighted by atomic mass is 31.1. The largest absolute Gasteiger partial charge is 0.508 e. The molecule has 0 heterocycles. The van der Waals surface area contributed by atoms with Crippen LogP contribution in [0.25, 0.3) is 0 Å². The summed E-state index contributed by atoms with van der Waals surface area (Å²) in [6, 6.07) is 19.4. The Morgan fingerprint density at radius 1 is 0.943 bits per heavy atom. The summed E-state index contributed by atoms with van der Waals surface area (Å²) in [4.78, 5) is 9.14. The molecule has 0 bridgehead atoms. The minimum absolute atomic E-state index is 0.00409. The Labute approximate surface area is 205 Å². The lowest BCUT2D eigenvalue weighted by atomic mass is 10.1. The molecule has 0 aromatic heterocycles. The van der Waals surface area contributed by atoms with Crippen LogP contribution in [-0.4, -0.2) is 45.5 Å². The van der Waals surface area contributed by atoms with Gasteiger partial charge in [-0.2, -0.15) is 0 Å². The molecule has 188 valence electrons. The van der Waals surface area contributed by atoms with Crippen LogP contribution in [0.2, 0.25) is 0 Å². The van der Waals surface area contributed by atoms with Gasteiger partial charge in [0.2, 0.25) is 8.03 Å². The van der Waals surface area contributed by atoms with E-state index >= 15 is 0 Å². The van der Waals surface area contributed by atoms with Crippen molar-refractivity contribution in [1.82, 2.24) is 5.32 Å². The quantitative estimate of drug-likeness (QED) is 0.226. The number of aliphatic hydroxyl groups is 2. The van der Waals surface area contributed by atoms with Crippen molar-refractivity contribution in [2.45, 2.75) is 38.7 Å². The summed E-state index contributed by atoms with van der Waals surface area (Å²) in [5.74, 6) is 1.21. The molecule has 0 aliphatic rings. The van der Waals surface area contributed by atoms with E-state index in [2.05, 4.69) is 5.32 Å². The molecule has 3 aromatic rings. The van der Waals surface area contributed by atoms with Crippen molar-refractivity contribution in [1.29, 1.82) is 0 Å². The second-order valence-corrected chi connectivity index (χ2v) is 9.55. The van der Waals surface area contributed by atoms with E-state index in [1.54, 1.807) is 36.4 Å². The van der Waals surface area contributed by atoms with Gasteiger partial charge in [0.25, 0.3) is 0 Å². The molecule has 0 fully saturated rings. The summed E-state index contributed by atoms with van der Waals surface area (Å²) in [5.41, 5.74) is 2.41. The van der Waals surface area contributed by atoms with Crippen molar-refractivity contribution in [3.63, 3.8) is 0 Å². The maximum atomic E-state index is 11.1. The van der Waals surface area contributed by atoms with Crippen LogP contribution in [0.1, 0.15) is 23.6 Å². The number of aliphatic hydroxyl groups excluding tert-OH is 2. The predicted molar refractivity (Wildman–Crippen MR) is 135 cm³/mol. The number of rotatable bonds is 13. The number of benzene rings is 3. The van der Waals surface area contributed by atoms with Crippen LogP contribution in [0.3, 0.4) is 0 Å². The Balaban J connectivity index is 1.38. The van der Waals surface area contributed by atoms with Gasteiger partial charge in [0.15, 0.2) is 0 Å². The maximum Gasteiger partial charge on any atom is 0.218 e. The van der Waals surface area contributed by atoms with Gasteiger partial charge in [-0.05, 0) is 66.9 Å². The Morgan fingerprint density at radius 2 is 1.60 bits per heavy atom. The molecule has 0 amide bonds. The van der Waals surface area contributed by atoms with Gasteiger partial charge in [0.05, 0.1) is 6.61 Å². The highest BCUT2D eigenvalue weighted by Gasteiger charge is 2.10. The lowest BCUT2D eigenvalue weighted by Gasteiger charge is -2.18. The number of aromatic hydroxyl groups is 1. The lowest BCUT2D eigenvalue weighted by molar-refractivity contribution is 0.104. The van der Waals surface area contributed by atoms with Crippen molar-refractivity contribution in [2.75, 3.05) is 13.2 Å². The second kappa shape index (κ2) is 13.3. The van der Waals surface area contributed by atoms with Crippen LogP contribution in [0.5, 0.6) is 17.2 Å². The first kappa shape index (κ1) is 26.7. The topological polar surface area (TPSA) is 128 Å². The molecular formula is C26H32NO7P. The van der Waals surface area contributed by atoms with E-state index in [0.29, 0.717) is 29.8 Å². The molecule has 0 radical (unpaired) electrons. The molecule has 9 heteroatoms. The Hall–Kier alpha value is -2.87. The number of nitrogens with one attached hydrogen (secondary N) is 1. The molecule has 35 heavy (non-hydrogen) atoms. The summed E-state index contributed by atoms with van der Waals surface area (Å²) >= 11 is 0. The maximum absolute atomic E-state index is 11.1. The molecular weight excluding hydrogens is 469 g/mol. The van der Waals surface area contributed by atoms with E-state index in [4.69, 9.17) is 14.4 Å². The Kier molecular flexibility index (Phi) is 10.1. The SMILES string of the molecule is CC(Cc1ccc(OCc2ccc([PH](=O)O)cc2)cc1)NCC(O)COc1ccc(O)c(CO)c1. The Bertz CT molecular complexity index is 1090. The fourth-order valence-corrected chi connectivity index (χ4v) is 3.88. The Morgan fingerprint density at radius 3 is 2.26 bits per heavy atom. The van der Waals surface area contributed by atoms with Gasteiger partial charge in [-0.15, -0.1) is 0 Å². The van der Waals surface area contributed by atoms with Crippen molar-refractivity contribution < 1.29 is 34.3 Å². The number of hydrogen-bond donors (Lipinski definition) is 5. The molecule has 8 nitrogen and oxygen atoms in total. The minimum Gasteiger partial charge on any atom is -0.508 e. The molecule has 0 aliphatic carbocycles. The van der Waals surface area contributed by atoms with Gasteiger partial charge in [-0.25, -0.2) is 0 Å². The molecule has 3 unspecified atom stereocenters. The highest BCUT2D eigenvalue weighted by Crippen LogP contribution is 2.23. The summed E-state index contributed by atoms with van der Waals surface area (Å²) in [7, 11) is -2.67. The highest BCUT2D eigenvalue weighted by molar-refractivity contribution is 7.47. The van der Waals surface area contributed by atoms with E-state index in [1.807, 2.05) is 31.2 Å². The third kappa shape index (κ3) is 8.69. The summed E-state index contributed by atoms with van der Waals surface area (Å²) in [6.07, 6.45) is 0.0559. The van der Waals surface area contributed by atoms with Crippen LogP contribution in [-0.2, 0) is 24.2 Å². The zero-order chi connectivity index (χ0) is 25.2. The summed E-state index contributed by atoms with van der Waals surface area (Å²) < 4.78 is 22.4. The number of hydrogen-bond acceptors (Lipinski definition) is 7. The van der Waals surface area contributed by atoms with Crippen molar-refractivity contribution in [3.05, 3.63) is 83.4 Å². The molecule has 0 saturated carbocycles. The monoisotopic (exact) mass is 501 g/mol. The first-order valence-electron chi connectivity index (χ1n) is 11.3. The third-order valence-electron chi connectivity index (χ3n) is 5.44. The van der Waals surface area contributed by atoms with Gasteiger partial charge in [0, 0.05) is 23.5 Å². The van der Waals surface area contributed by atoms with Crippen LogP contribution >= 0.6 is 8.03 Å². The van der Waals surface area contributed by atoms with Crippen LogP contribution in [0, 0.1) is 0 Å². The van der Waals surface area contributed by atoms with Crippen LogP contribution < -0.4 is 20.1 Å². The first-order valence-corrected chi connectivity index (χ1v) is 12.7. The van der Waals surface area contributed by atoms with Gasteiger partial charge in [-0.1, -0.05) is 24.3 Å². The minimum atomic E-state index is -2.67. The molecule has 3 aromatic carbocycles. The molecule has 3 rings (SSSR count). The number of phenols is 1. The van der Waals surface area contributed by atoms with E-state index in [0.717, 1.165) is 23.3 Å². The fraction of sp³-hybridized carbons (Fsp3) is 0.308. The van der Waals surface area contributed by atoms with E-state index in [1.165, 1.54) is 6.07 Å². The molecule has 0 saturated heterocycles. The van der Waals surface area contributed by atoms with Gasteiger partial charge >= 0.3 is 0 Å². The van der Waals surface area contributed by atoms with Crippen molar-refractivity contribution in [3.8, 4) is 17.2 Å². The standard InChI is InChI=1S/C26H32NO7P/c1-18(27-14-22(29)17-34-24-8-11-26(30)21(13-24)15-28)12-19-2-6-23(7-3-19)33-16-20-4-9-25(10-5-20)35(31)32/h2-11,13,18,22,27-30,35H,12,14-17H2,1H3,(H,31,32). The molecule has 0 spiro atoms. The average Bonchev–Trinajstić information content (AvgIpc) is 2.86. The zero-order valence-corrected chi connectivity index (χ0v) is 20.6. The van der Waals surface area contributed by atoms with Crippen molar-refractivity contribution >= 4 is 13.3 Å². The van der Waals surface area contributed by atoms with Gasteiger partial charge in [-0.3, -0.25) is 4.57 Å². The molecule has 0 aliphatic heterocycles. The van der Waals surface area contributed by atoms with E-state index < -0.39 is 14.1 Å². The summed E-state index contributed by atoms with van der Waals surface area (Å²) in [6.45, 7) is 2.56. The third-order valence-corrected chi connectivity index (χ3v) is 6.26. The predicted octanol–water partition coefficient (Wildman–Crippen LogP) is 2.52. The lowest BCUT2D eigenvalue weighted by Crippen LogP contribution is -2.37. The van der Waals surface area contributed by atoms with Gasteiger partial charge in [0.1, 0.15) is 36.6 Å². The summed E-state index contributed by atoms with van der Waals surface area (Å²) in [5, 5.41) is 32.7. The fourth-order valence-electron chi connectivity index (χ4n) is 3.42. The number of ether oxygens (including phenoxy) is 2. The first-order chi connectivity index (χ1) is 16.8. The average molecular weight is 502 g/mol. The molecule has 5 N–H and O–H groups in total. The van der Waals surface area contributed by atoms with Crippen molar-refractivity contribution in [2.24, 2.45) is 0 Å². The van der Waals surface area contributed by atoms with Crippen LogP contribution in [0.4, 0.5) is 0 Å². The normalized spacial score (nSPS) is 13.7. The van der Waals surface area contributed by atoms with Crippen LogP contribution in [0.15, 0.2) is 66.7 Å². The van der Waals surface area contributed by atoms with E-state index in [-0.39, 0.29) is 25.0 Å². The van der Waals surface area contributed by atoms with Gasteiger partial charge < -0.3 is 35.0 Å². The zero-order valence-electron chi connectivity index (χ0n) is 19.6. The second-order valence-electron chi connectivity index (χ2n) is 8.36. The smallest absolute Gasteiger partial charge is 0.218 e.